The molecule has 0 bridgehead atoms. The number of hydrogen-bond donors (Lipinski definition) is 2. The van der Waals surface area contributed by atoms with E-state index >= 15 is 0 Å². The SMILES string of the molecule is O=C1NC(c2nc3ccccc3[nH]2)N=C2Oc3ccccc3C=C12. The highest BCUT2D eigenvalue weighted by molar-refractivity contribution is 6.24. The predicted octanol–water partition coefficient (Wildman–Crippen LogP) is 2.57. The van der Waals surface area contributed by atoms with Crippen LogP contribution in [0, 0.1) is 0 Å². The number of nitrogens with zero attached hydrogens (tertiary/aromatic N) is 2. The Morgan fingerprint density at radius 1 is 1.04 bits per heavy atom. The molecule has 24 heavy (non-hydrogen) atoms. The van der Waals surface area contributed by atoms with Crippen LogP contribution in [0.5, 0.6) is 5.75 Å². The van der Waals surface area contributed by atoms with Crippen molar-refractivity contribution in [2.24, 2.45) is 4.99 Å². The molecule has 2 aromatic carbocycles. The molecule has 0 saturated heterocycles. The molecule has 2 aliphatic heterocycles. The molecule has 6 nitrogen and oxygen atoms in total. The number of H-pyrrole nitrogens is 1. The number of aromatic nitrogens is 2. The van der Waals surface area contributed by atoms with Crippen molar-refractivity contribution in [1.29, 1.82) is 0 Å². The van der Waals surface area contributed by atoms with Gasteiger partial charge in [-0.1, -0.05) is 30.3 Å². The number of carbonyl (C=O) groups excluding carboxylic acids is 1. The van der Waals surface area contributed by atoms with Crippen molar-refractivity contribution in [3.8, 4) is 5.75 Å². The topological polar surface area (TPSA) is 79.4 Å². The molecule has 0 aliphatic carbocycles. The number of benzene rings is 2. The summed E-state index contributed by atoms with van der Waals surface area (Å²) in [5.41, 5.74) is 3.03. The Morgan fingerprint density at radius 3 is 2.79 bits per heavy atom. The van der Waals surface area contributed by atoms with Gasteiger partial charge in [0, 0.05) is 5.56 Å². The lowest BCUT2D eigenvalue weighted by molar-refractivity contribution is -0.118. The fraction of sp³-hybridized carbons (Fsp3) is 0.0556. The maximum atomic E-state index is 12.5. The minimum Gasteiger partial charge on any atom is -0.438 e. The van der Waals surface area contributed by atoms with Crippen molar-refractivity contribution in [1.82, 2.24) is 15.3 Å². The van der Waals surface area contributed by atoms with Crippen LogP contribution in [0.1, 0.15) is 17.6 Å². The zero-order chi connectivity index (χ0) is 16.1. The first-order valence-electron chi connectivity index (χ1n) is 7.60. The molecule has 3 aromatic rings. The summed E-state index contributed by atoms with van der Waals surface area (Å²) in [4.78, 5) is 24.7. The molecule has 0 saturated carbocycles. The summed E-state index contributed by atoms with van der Waals surface area (Å²) in [6.45, 7) is 0. The first kappa shape index (κ1) is 13.1. The summed E-state index contributed by atoms with van der Waals surface area (Å²) in [6, 6.07) is 15.2. The summed E-state index contributed by atoms with van der Waals surface area (Å²) in [7, 11) is 0. The molecule has 6 heteroatoms. The number of ether oxygens (including phenoxy) is 1. The van der Waals surface area contributed by atoms with Crippen molar-refractivity contribution in [3.63, 3.8) is 0 Å². The van der Waals surface area contributed by atoms with E-state index in [2.05, 4.69) is 20.3 Å². The Hall–Kier alpha value is -3.41. The summed E-state index contributed by atoms with van der Waals surface area (Å²) in [6.07, 6.45) is 1.20. The first-order chi connectivity index (χ1) is 11.8. The number of hydrogen-bond acceptors (Lipinski definition) is 4. The highest BCUT2D eigenvalue weighted by Crippen LogP contribution is 2.30. The second kappa shape index (κ2) is 4.79. The van der Waals surface area contributed by atoms with Gasteiger partial charge in [0.05, 0.1) is 11.0 Å². The summed E-state index contributed by atoms with van der Waals surface area (Å²) in [5, 5.41) is 2.86. The van der Waals surface area contributed by atoms with Gasteiger partial charge < -0.3 is 15.0 Å². The number of nitrogens with one attached hydrogen (secondary N) is 2. The molecular weight excluding hydrogens is 304 g/mol. The standard InChI is InChI=1S/C18H12N4O2/c23-17-11-9-10-5-1-4-8-14(10)24-18(11)22-16(21-17)15-19-12-6-2-3-7-13(12)20-15/h1-9,16H,(H,19,20)(H,21,23). The Balaban J connectivity index is 1.59. The second-order valence-corrected chi connectivity index (χ2v) is 5.65. The molecule has 1 amide bonds. The lowest BCUT2D eigenvalue weighted by Crippen LogP contribution is -2.39. The molecule has 0 radical (unpaired) electrons. The maximum Gasteiger partial charge on any atom is 0.258 e. The Morgan fingerprint density at radius 2 is 1.88 bits per heavy atom. The number of fused-ring (bicyclic) bond motifs is 3. The van der Waals surface area contributed by atoms with Crippen LogP contribution in [-0.2, 0) is 4.79 Å². The average Bonchev–Trinajstić information content (AvgIpc) is 3.04. The number of aromatic amines is 1. The molecule has 5 rings (SSSR count). The quantitative estimate of drug-likeness (QED) is 0.724. The lowest BCUT2D eigenvalue weighted by atomic mass is 10.0. The highest BCUT2D eigenvalue weighted by atomic mass is 16.5. The van der Waals surface area contributed by atoms with E-state index in [4.69, 9.17) is 4.74 Å². The fourth-order valence-corrected chi connectivity index (χ4v) is 2.91. The number of carbonyl (C=O) groups is 1. The maximum absolute atomic E-state index is 12.5. The van der Waals surface area contributed by atoms with Crippen LogP contribution in [0.15, 0.2) is 59.1 Å². The van der Waals surface area contributed by atoms with E-state index in [1.165, 1.54) is 0 Å². The van der Waals surface area contributed by atoms with Crippen LogP contribution in [-0.4, -0.2) is 21.8 Å². The van der Waals surface area contributed by atoms with Gasteiger partial charge in [-0.2, -0.15) is 0 Å². The van der Waals surface area contributed by atoms with Gasteiger partial charge in [0.15, 0.2) is 12.0 Å². The Kier molecular flexibility index (Phi) is 2.61. The Bertz CT molecular complexity index is 1010. The molecule has 2 aliphatic rings. The molecule has 1 atom stereocenters. The van der Waals surface area contributed by atoms with Crippen LogP contribution in [0.25, 0.3) is 17.1 Å². The molecular formula is C18H12N4O2. The minimum absolute atomic E-state index is 0.222. The van der Waals surface area contributed by atoms with E-state index in [1.54, 1.807) is 6.08 Å². The smallest absolute Gasteiger partial charge is 0.258 e. The largest absolute Gasteiger partial charge is 0.438 e. The van der Waals surface area contributed by atoms with Crippen LogP contribution in [0.2, 0.25) is 0 Å². The Labute approximate surface area is 136 Å². The van der Waals surface area contributed by atoms with Gasteiger partial charge in [0.1, 0.15) is 11.3 Å². The van der Waals surface area contributed by atoms with Crippen molar-refractivity contribution >= 4 is 28.9 Å². The van der Waals surface area contributed by atoms with Crippen molar-refractivity contribution in [2.75, 3.05) is 0 Å². The summed E-state index contributed by atoms with van der Waals surface area (Å²) < 4.78 is 5.81. The first-order valence-corrected chi connectivity index (χ1v) is 7.60. The number of rotatable bonds is 1. The summed E-state index contributed by atoms with van der Waals surface area (Å²) in [5.74, 6) is 1.37. The zero-order valence-electron chi connectivity index (χ0n) is 12.5. The number of imidazole rings is 1. The van der Waals surface area contributed by atoms with Crippen LogP contribution < -0.4 is 10.1 Å². The van der Waals surface area contributed by atoms with E-state index < -0.39 is 6.17 Å². The molecule has 1 aromatic heterocycles. The number of aliphatic imine (C=N–C) groups is 1. The highest BCUT2D eigenvalue weighted by Gasteiger charge is 2.32. The van der Waals surface area contributed by atoms with Crippen molar-refractivity contribution < 1.29 is 9.53 Å². The van der Waals surface area contributed by atoms with Crippen LogP contribution in [0.4, 0.5) is 0 Å². The van der Waals surface area contributed by atoms with Crippen LogP contribution >= 0.6 is 0 Å². The average molecular weight is 316 g/mol. The van der Waals surface area contributed by atoms with Crippen molar-refractivity contribution in [2.45, 2.75) is 6.17 Å². The van der Waals surface area contributed by atoms with Crippen molar-refractivity contribution in [3.05, 3.63) is 65.5 Å². The zero-order valence-corrected chi connectivity index (χ0v) is 12.5. The van der Waals surface area contributed by atoms with Crippen LogP contribution in [0.3, 0.4) is 0 Å². The van der Waals surface area contributed by atoms with Gasteiger partial charge in [-0.05, 0) is 24.3 Å². The summed E-state index contributed by atoms with van der Waals surface area (Å²) >= 11 is 0. The van der Waals surface area contributed by atoms with E-state index in [1.807, 2.05) is 48.5 Å². The molecule has 1 unspecified atom stereocenters. The number of para-hydroxylation sites is 3. The third-order valence-corrected chi connectivity index (χ3v) is 4.08. The second-order valence-electron chi connectivity index (χ2n) is 5.65. The van der Waals surface area contributed by atoms with E-state index in [-0.39, 0.29) is 5.91 Å². The van der Waals surface area contributed by atoms with E-state index in [0.29, 0.717) is 23.0 Å². The molecule has 0 spiro atoms. The van der Waals surface area contributed by atoms with Gasteiger partial charge >= 0.3 is 0 Å². The van der Waals surface area contributed by atoms with E-state index in [9.17, 15) is 4.79 Å². The third-order valence-electron chi connectivity index (χ3n) is 4.08. The van der Waals surface area contributed by atoms with Gasteiger partial charge in [-0.3, -0.25) is 4.79 Å². The van der Waals surface area contributed by atoms with Gasteiger partial charge in [-0.15, -0.1) is 0 Å². The van der Waals surface area contributed by atoms with Gasteiger partial charge in [-0.25, -0.2) is 9.98 Å². The molecule has 2 N–H and O–H groups in total. The minimum atomic E-state index is -0.595. The molecule has 3 heterocycles. The fourth-order valence-electron chi connectivity index (χ4n) is 2.91. The monoisotopic (exact) mass is 316 g/mol. The predicted molar refractivity (Wildman–Crippen MR) is 89.5 cm³/mol. The third kappa shape index (κ3) is 1.93. The lowest BCUT2D eigenvalue weighted by Gasteiger charge is -2.25. The number of amides is 1. The van der Waals surface area contributed by atoms with E-state index in [0.717, 1.165) is 16.6 Å². The normalized spacial score (nSPS) is 18.8. The van der Waals surface area contributed by atoms with Gasteiger partial charge in [0.2, 0.25) is 5.90 Å². The molecule has 116 valence electrons. The van der Waals surface area contributed by atoms with Gasteiger partial charge in [0.25, 0.3) is 5.91 Å². The molecule has 0 fully saturated rings.